The van der Waals surface area contributed by atoms with Gasteiger partial charge in [-0.15, -0.1) is 0 Å². The predicted molar refractivity (Wildman–Crippen MR) is 134 cm³/mol. The van der Waals surface area contributed by atoms with Crippen LogP contribution >= 0.6 is 0 Å². The van der Waals surface area contributed by atoms with Gasteiger partial charge in [-0.25, -0.2) is 4.79 Å². The Balaban J connectivity index is 1.64. The first-order valence-corrected chi connectivity index (χ1v) is 11.9. The molecule has 1 aliphatic rings. The Morgan fingerprint density at radius 3 is 2.56 bits per heavy atom. The van der Waals surface area contributed by atoms with Crippen molar-refractivity contribution >= 4 is 5.97 Å². The van der Waals surface area contributed by atoms with Gasteiger partial charge in [0.05, 0.1) is 24.1 Å². The molecule has 2 unspecified atom stereocenters. The van der Waals surface area contributed by atoms with Gasteiger partial charge in [0.2, 0.25) is 0 Å². The summed E-state index contributed by atoms with van der Waals surface area (Å²) in [6, 6.07) is 8.18. The van der Waals surface area contributed by atoms with Gasteiger partial charge in [0.25, 0.3) is 0 Å². The van der Waals surface area contributed by atoms with Crippen LogP contribution in [-0.4, -0.2) is 57.8 Å². The number of nitrogens with zero attached hydrogens (tertiary/aromatic N) is 4. The first kappa shape index (κ1) is 25.8. The second-order valence-corrected chi connectivity index (χ2v) is 9.79. The van der Waals surface area contributed by atoms with Gasteiger partial charge in [-0.3, -0.25) is 4.90 Å². The van der Waals surface area contributed by atoms with Crippen molar-refractivity contribution in [3.05, 3.63) is 64.5 Å². The molecule has 1 aromatic carbocycles. The summed E-state index contributed by atoms with van der Waals surface area (Å²) in [6.45, 7) is 15.4. The van der Waals surface area contributed by atoms with Gasteiger partial charge in [0.15, 0.2) is 5.60 Å². The third kappa shape index (κ3) is 6.21. The molecule has 0 N–H and O–H groups in total. The summed E-state index contributed by atoms with van der Waals surface area (Å²) in [6.07, 6.45) is 4.23. The molecule has 0 bridgehead atoms. The Kier molecular flexibility index (Phi) is 8.10. The van der Waals surface area contributed by atoms with Crippen LogP contribution in [0.25, 0.3) is 5.69 Å². The van der Waals surface area contributed by atoms with Crippen molar-refractivity contribution in [3.8, 4) is 5.69 Å². The van der Waals surface area contributed by atoms with E-state index >= 15 is 0 Å². The van der Waals surface area contributed by atoms with E-state index in [1.807, 2.05) is 19.1 Å². The third-order valence-electron chi connectivity index (χ3n) is 5.99. The summed E-state index contributed by atoms with van der Waals surface area (Å²) in [5.41, 5.74) is 5.39. The van der Waals surface area contributed by atoms with Gasteiger partial charge >= 0.3 is 5.97 Å². The molecule has 0 radical (unpaired) electrons. The molecule has 0 spiro atoms. The number of hydrogen-bond acceptors (Lipinski definition) is 6. The molecule has 0 saturated carbocycles. The molecule has 7 heteroatoms. The predicted octanol–water partition coefficient (Wildman–Crippen LogP) is 4.57. The molecule has 1 aromatic heterocycles. The smallest absolute Gasteiger partial charge is 0.337 e. The van der Waals surface area contributed by atoms with Crippen molar-refractivity contribution in [2.45, 2.75) is 66.7 Å². The maximum Gasteiger partial charge on any atom is 0.337 e. The van der Waals surface area contributed by atoms with E-state index in [1.54, 1.807) is 25.6 Å². The summed E-state index contributed by atoms with van der Waals surface area (Å²) >= 11 is 0. The number of aryl methyl sites for hydroxylation is 2. The Labute approximate surface area is 203 Å². The topological polar surface area (TPSA) is 69.5 Å². The molecule has 7 nitrogen and oxygen atoms in total. The Bertz CT molecular complexity index is 1080. The number of carbonyl (C=O) groups excluding carboxylic acids is 1. The highest BCUT2D eigenvalue weighted by Gasteiger charge is 2.36. The number of rotatable bonds is 9. The molecule has 0 saturated heterocycles. The van der Waals surface area contributed by atoms with Crippen LogP contribution in [0.4, 0.5) is 0 Å². The molecule has 184 valence electrons. The summed E-state index contributed by atoms with van der Waals surface area (Å²) in [5.74, 6) is -0.190. The molecule has 2 atom stereocenters. The number of hydrogen-bond donors (Lipinski definition) is 0. The molecule has 34 heavy (non-hydrogen) atoms. The summed E-state index contributed by atoms with van der Waals surface area (Å²) < 4.78 is 11.4. The fourth-order valence-electron chi connectivity index (χ4n) is 4.28. The highest BCUT2D eigenvalue weighted by molar-refractivity contribution is 5.78. The van der Waals surface area contributed by atoms with Crippen molar-refractivity contribution in [1.29, 1.82) is 0 Å². The number of carbonyl (C=O) groups is 1. The van der Waals surface area contributed by atoms with E-state index in [-0.39, 0.29) is 18.0 Å². The van der Waals surface area contributed by atoms with E-state index in [1.165, 1.54) is 11.1 Å². The highest BCUT2D eigenvalue weighted by atomic mass is 16.6. The van der Waals surface area contributed by atoms with Gasteiger partial charge in [-0.05, 0) is 77.4 Å². The van der Waals surface area contributed by atoms with E-state index < -0.39 is 5.60 Å². The molecular formula is C27H38N4O3. The molecule has 1 aliphatic carbocycles. The van der Waals surface area contributed by atoms with E-state index in [0.29, 0.717) is 13.2 Å². The molecule has 3 rings (SSSR count). The lowest BCUT2D eigenvalue weighted by Crippen LogP contribution is -2.43. The summed E-state index contributed by atoms with van der Waals surface area (Å²) in [4.78, 5) is 16.2. The largest absolute Gasteiger partial charge is 0.464 e. The second kappa shape index (κ2) is 10.7. The van der Waals surface area contributed by atoms with E-state index in [2.05, 4.69) is 62.1 Å². The van der Waals surface area contributed by atoms with Crippen molar-refractivity contribution in [2.24, 2.45) is 5.92 Å². The minimum Gasteiger partial charge on any atom is -0.464 e. The molecule has 0 aliphatic heterocycles. The van der Waals surface area contributed by atoms with Crippen LogP contribution in [0.15, 0.2) is 47.6 Å². The van der Waals surface area contributed by atoms with Gasteiger partial charge in [-0.2, -0.15) is 15.0 Å². The molecule has 2 aromatic rings. The fraction of sp³-hybridized carbons (Fsp3) is 0.519. The first-order valence-electron chi connectivity index (χ1n) is 11.9. The van der Waals surface area contributed by atoms with Crippen LogP contribution in [0, 0.1) is 19.8 Å². The Hall–Kier alpha value is -2.77. The van der Waals surface area contributed by atoms with Gasteiger partial charge in [-0.1, -0.05) is 31.2 Å². The fourth-order valence-corrected chi connectivity index (χ4v) is 4.28. The van der Waals surface area contributed by atoms with Crippen LogP contribution in [0.5, 0.6) is 0 Å². The Morgan fingerprint density at radius 2 is 1.91 bits per heavy atom. The molecular weight excluding hydrogens is 428 g/mol. The van der Waals surface area contributed by atoms with Gasteiger partial charge < -0.3 is 9.47 Å². The lowest BCUT2D eigenvalue weighted by molar-refractivity contribution is -0.173. The zero-order valence-corrected chi connectivity index (χ0v) is 21.8. The number of ether oxygens (including phenoxy) is 2. The Morgan fingerprint density at radius 1 is 1.18 bits per heavy atom. The normalized spacial score (nSPS) is 18.6. The van der Waals surface area contributed by atoms with Crippen molar-refractivity contribution < 1.29 is 14.3 Å². The minimum absolute atomic E-state index is 0.144. The van der Waals surface area contributed by atoms with Crippen molar-refractivity contribution in [2.75, 3.05) is 20.2 Å². The number of likely N-dealkylation sites (N-methyl/N-ethyl adjacent to an activating group) is 1. The lowest BCUT2D eigenvalue weighted by Gasteiger charge is -2.34. The van der Waals surface area contributed by atoms with Gasteiger partial charge in [0.1, 0.15) is 5.69 Å². The van der Waals surface area contributed by atoms with Gasteiger partial charge in [0, 0.05) is 19.0 Å². The quantitative estimate of drug-likeness (QED) is 0.505. The highest BCUT2D eigenvalue weighted by Crippen LogP contribution is 2.30. The monoisotopic (exact) mass is 466 g/mol. The summed E-state index contributed by atoms with van der Waals surface area (Å²) in [5, 5.41) is 9.35. The third-order valence-corrected chi connectivity index (χ3v) is 5.99. The van der Waals surface area contributed by atoms with E-state index in [0.717, 1.165) is 29.2 Å². The average molecular weight is 467 g/mol. The zero-order chi connectivity index (χ0) is 25.0. The second-order valence-electron chi connectivity index (χ2n) is 9.79. The molecule has 0 amide bonds. The maximum atomic E-state index is 12.3. The number of aromatic nitrogens is 3. The maximum absolute atomic E-state index is 12.3. The van der Waals surface area contributed by atoms with Crippen molar-refractivity contribution in [3.63, 3.8) is 0 Å². The van der Waals surface area contributed by atoms with E-state index in [9.17, 15) is 4.79 Å². The lowest BCUT2D eigenvalue weighted by atomic mass is 9.88. The molecule has 0 fully saturated rings. The van der Waals surface area contributed by atoms with Crippen LogP contribution in [0.2, 0.25) is 0 Å². The van der Waals surface area contributed by atoms with Crippen LogP contribution < -0.4 is 0 Å². The average Bonchev–Trinajstić information content (AvgIpc) is 3.11. The van der Waals surface area contributed by atoms with Crippen LogP contribution in [0.1, 0.15) is 51.6 Å². The molecule has 1 heterocycles. The standard InChI is InChI=1S/C27H38N4O3/c1-9-33-26(32)27(6,7)34-25-19(3)14-22(15-20(25)4)16-30(8)17-24-21(5)28-31(29-24)23-12-10-11-18(2)13-23/h10-15,19,25H,9,16-17H2,1-8H3. The number of benzene rings is 1. The number of esters is 1. The SMILES string of the molecule is CCOC(=O)C(C)(C)OC1C(C)=CC(CN(C)Cc2nn(-c3cccc(C)c3)nc2C)=CC1C. The summed E-state index contributed by atoms with van der Waals surface area (Å²) in [7, 11) is 2.09. The zero-order valence-electron chi connectivity index (χ0n) is 21.8. The van der Waals surface area contributed by atoms with Crippen LogP contribution in [0.3, 0.4) is 0 Å². The van der Waals surface area contributed by atoms with Crippen LogP contribution in [-0.2, 0) is 20.8 Å². The first-order chi connectivity index (χ1) is 16.0. The minimum atomic E-state index is -0.993. The van der Waals surface area contributed by atoms with E-state index in [4.69, 9.17) is 14.6 Å². The van der Waals surface area contributed by atoms with Crippen molar-refractivity contribution in [1.82, 2.24) is 19.9 Å².